The first-order valence-electron chi connectivity index (χ1n) is 27.0. The minimum atomic E-state index is -5.87. The molecule has 82 heavy (non-hydrogen) atoms. The largest absolute Gasteiger partial charge is 0.447 e. The minimum absolute atomic E-state index is 0.0174. The zero-order valence-electron chi connectivity index (χ0n) is 44.6. The lowest BCUT2D eigenvalue weighted by Gasteiger charge is -2.38. The van der Waals surface area contributed by atoms with Crippen LogP contribution in [0.25, 0.3) is 10.1 Å². The van der Waals surface area contributed by atoms with Gasteiger partial charge in [0.2, 0.25) is 35.4 Å². The summed E-state index contributed by atoms with van der Waals surface area (Å²) in [5.74, 6) is 2.19. The zero-order valence-corrected chi connectivity index (χ0v) is 46.4. The molecule has 4 saturated heterocycles. The zero-order chi connectivity index (χ0) is 58.6. The van der Waals surface area contributed by atoms with Crippen LogP contribution < -0.4 is 27.0 Å². The van der Waals surface area contributed by atoms with E-state index in [0.717, 1.165) is 41.0 Å². The second kappa shape index (κ2) is 24.8. The SMILES string of the molecule is CN1CC[C@H]2CC[C@@H](C(=O)NC(COC(N)=O)C(=O)NC(Cc3ccccc3)C(=O)N3CCC(CCC#Cc4cccc5c4CN(C4CCC(=O)NC4=O)C5=O)CC3)N2C(=O)[C@@H](NC(=O)c2cc3cc(C(F)(F)P(=O)(O)O)ccc3s2)C1. The molecule has 22 nitrogen and oxygen atoms in total. The van der Waals surface area contributed by atoms with Gasteiger partial charge in [0.1, 0.15) is 36.8 Å². The molecule has 0 spiro atoms. The Morgan fingerprint density at radius 1 is 0.915 bits per heavy atom. The summed E-state index contributed by atoms with van der Waals surface area (Å²) in [5.41, 5.74) is 2.54. The van der Waals surface area contributed by atoms with Gasteiger partial charge in [0, 0.05) is 72.9 Å². The number of halogens is 2. The normalized spacial score (nSPS) is 21.5. The number of thiophene rings is 1. The number of hydrogen-bond donors (Lipinski definition) is 7. The van der Waals surface area contributed by atoms with Gasteiger partial charge in [0.15, 0.2) is 0 Å². The van der Waals surface area contributed by atoms with Crippen molar-refractivity contribution in [3.8, 4) is 11.8 Å². The van der Waals surface area contributed by atoms with Crippen LogP contribution in [0, 0.1) is 17.8 Å². The highest BCUT2D eigenvalue weighted by Gasteiger charge is 2.51. The Balaban J connectivity index is 0.833. The van der Waals surface area contributed by atoms with Gasteiger partial charge in [-0.05, 0) is 111 Å². The fraction of sp³-hybridized carbons (Fsp3) is 0.446. The van der Waals surface area contributed by atoms with Crippen molar-refractivity contribution in [1.29, 1.82) is 0 Å². The second-order valence-corrected chi connectivity index (χ2v) is 24.0. The number of ether oxygens (including phenoxy) is 1. The van der Waals surface area contributed by atoms with Gasteiger partial charge in [-0.3, -0.25) is 48.2 Å². The molecule has 9 amide bonds. The van der Waals surface area contributed by atoms with Crippen molar-refractivity contribution in [3.63, 3.8) is 0 Å². The summed E-state index contributed by atoms with van der Waals surface area (Å²) in [5, 5.41) is 10.6. The van der Waals surface area contributed by atoms with E-state index < -0.39 is 97.3 Å². The average Bonchev–Trinajstić information content (AvgIpc) is 4.34. The molecule has 0 saturated carbocycles. The third kappa shape index (κ3) is 13.2. The molecule has 5 aliphatic heterocycles. The first-order chi connectivity index (χ1) is 39.1. The topological polar surface area (TPSA) is 307 Å². The molecule has 8 N–H and O–H groups in total. The van der Waals surface area contributed by atoms with Crippen LogP contribution in [0.1, 0.15) is 100 Å². The molecule has 0 radical (unpaired) electrons. The van der Waals surface area contributed by atoms with Crippen LogP contribution in [-0.2, 0) is 56.7 Å². The molecule has 26 heteroatoms. The Labute approximate surface area is 474 Å². The average molecular weight is 1170 g/mol. The lowest BCUT2D eigenvalue weighted by Crippen LogP contribution is -2.62. The summed E-state index contributed by atoms with van der Waals surface area (Å²) < 4.78 is 46.1. The van der Waals surface area contributed by atoms with E-state index in [1.807, 2.05) is 11.0 Å². The number of amides is 9. The van der Waals surface area contributed by atoms with Crippen molar-refractivity contribution in [3.05, 3.63) is 105 Å². The Kier molecular flexibility index (Phi) is 17.9. The van der Waals surface area contributed by atoms with Crippen molar-refractivity contribution >= 4 is 82.4 Å². The van der Waals surface area contributed by atoms with E-state index in [1.54, 1.807) is 54.4 Å². The third-order valence-corrected chi connectivity index (χ3v) is 17.9. The minimum Gasteiger partial charge on any atom is -0.447 e. The number of carbonyl (C=O) groups is 9. The number of carbonyl (C=O) groups excluding carboxylic acids is 9. The van der Waals surface area contributed by atoms with Crippen LogP contribution >= 0.6 is 18.9 Å². The molecule has 0 bridgehead atoms. The molecule has 4 fully saturated rings. The smallest absolute Gasteiger partial charge is 0.404 e. The molecule has 4 aromatic rings. The molecular formula is C56H62F2N9O13PS. The van der Waals surface area contributed by atoms with E-state index in [0.29, 0.717) is 67.6 Å². The van der Waals surface area contributed by atoms with Crippen molar-refractivity contribution < 1.29 is 71.0 Å². The fourth-order valence-electron chi connectivity index (χ4n) is 11.4. The van der Waals surface area contributed by atoms with Crippen LogP contribution in [0.5, 0.6) is 0 Å². The number of primary amides is 1. The standard InChI is InChI=1S/C56H62F2N9O13PS/c1-64-23-22-37-15-16-44(67(37)54(75)41(30-64)61-51(72)46-28-35-27-36(14-18-45(35)82-46)56(57,58)81(77,78)79)50(71)62-42(31-80-55(59)76)48(69)60-40(26-33-9-3-2-4-10-33)53(74)65-24-20-32(21-25-65)8-5-6-11-34-12-7-13-38-39(34)29-66(52(38)73)43-17-19-47(68)63-49(43)70/h2-4,7,9-10,12-14,18,27-28,32,37,40-44H,5,8,15-17,19-26,29-31H2,1H3,(H2,59,76)(H,60,69)(H,61,72)(H,62,71)(H,63,68,70)(H2,77,78,79)/t37-,40?,41+,42?,43?,44+/m1/s1. The van der Waals surface area contributed by atoms with Gasteiger partial charge in [0.25, 0.3) is 11.8 Å². The molecule has 434 valence electrons. The number of alkyl halides is 2. The summed E-state index contributed by atoms with van der Waals surface area (Å²) in [7, 11) is -4.11. The predicted molar refractivity (Wildman–Crippen MR) is 292 cm³/mol. The van der Waals surface area contributed by atoms with E-state index in [-0.39, 0.29) is 72.7 Å². The molecular weight excluding hydrogens is 1110 g/mol. The van der Waals surface area contributed by atoms with Gasteiger partial charge in [-0.1, -0.05) is 54.3 Å². The maximum atomic E-state index is 14.6. The number of likely N-dealkylation sites (N-methyl/N-ethyl adjacent to an activating group) is 1. The fourth-order valence-corrected chi connectivity index (χ4v) is 12.8. The lowest BCUT2D eigenvalue weighted by atomic mass is 9.91. The van der Waals surface area contributed by atoms with Crippen LogP contribution in [0.15, 0.2) is 72.8 Å². The molecule has 9 rings (SSSR count). The van der Waals surface area contributed by atoms with E-state index in [9.17, 15) is 66.3 Å². The molecule has 1 aromatic heterocycles. The number of piperidine rings is 2. The monoisotopic (exact) mass is 1170 g/mol. The van der Waals surface area contributed by atoms with Crippen LogP contribution in [0.2, 0.25) is 0 Å². The number of hydrogen-bond acceptors (Lipinski definition) is 13. The number of benzene rings is 3. The second-order valence-electron chi connectivity index (χ2n) is 21.3. The predicted octanol–water partition coefficient (Wildman–Crippen LogP) is 3.06. The van der Waals surface area contributed by atoms with Gasteiger partial charge < -0.3 is 55.8 Å². The van der Waals surface area contributed by atoms with Crippen molar-refractivity contribution in [2.24, 2.45) is 11.7 Å². The molecule has 3 aromatic carbocycles. The molecule has 0 aliphatic carbocycles. The summed E-state index contributed by atoms with van der Waals surface area (Å²) >= 11 is 0.911. The van der Waals surface area contributed by atoms with E-state index in [4.69, 9.17) is 10.5 Å². The molecule has 6 heterocycles. The van der Waals surface area contributed by atoms with Crippen molar-refractivity contribution in [2.45, 2.75) is 113 Å². The highest BCUT2D eigenvalue weighted by atomic mass is 32.1. The highest BCUT2D eigenvalue weighted by molar-refractivity contribution is 7.52. The number of fused-ring (bicyclic) bond motifs is 3. The maximum absolute atomic E-state index is 14.6. The quantitative estimate of drug-likeness (QED) is 0.0482. The highest BCUT2D eigenvalue weighted by Crippen LogP contribution is 2.59. The Hall–Kier alpha value is -7.62. The van der Waals surface area contributed by atoms with Crippen LogP contribution in [0.4, 0.5) is 13.6 Å². The first kappa shape index (κ1) is 59.0. The van der Waals surface area contributed by atoms with Gasteiger partial charge >= 0.3 is 19.4 Å². The molecule has 3 unspecified atom stereocenters. The number of imide groups is 1. The summed E-state index contributed by atoms with van der Waals surface area (Å²) in [6.45, 7) is 0.732. The summed E-state index contributed by atoms with van der Waals surface area (Å²) in [4.78, 5) is 146. The number of rotatable bonds is 16. The molecule has 5 aliphatic rings. The van der Waals surface area contributed by atoms with Gasteiger partial charge in [0.05, 0.1) is 4.88 Å². The third-order valence-electron chi connectivity index (χ3n) is 15.8. The number of nitrogens with two attached hydrogens (primary N) is 1. The number of nitrogens with zero attached hydrogens (tertiary/aromatic N) is 4. The number of likely N-dealkylation sites (tertiary alicyclic amines) is 1. The Morgan fingerprint density at radius 2 is 1.67 bits per heavy atom. The first-order valence-corrected chi connectivity index (χ1v) is 29.4. The van der Waals surface area contributed by atoms with Gasteiger partial charge in [-0.2, -0.15) is 8.78 Å². The molecule has 6 atom stereocenters. The summed E-state index contributed by atoms with van der Waals surface area (Å²) in [6, 6.07) is 12.2. The van der Waals surface area contributed by atoms with Gasteiger partial charge in [-0.15, -0.1) is 11.3 Å². The van der Waals surface area contributed by atoms with E-state index in [1.165, 1.54) is 21.9 Å². The Morgan fingerprint density at radius 3 is 2.39 bits per heavy atom. The Bertz CT molecular complexity index is 3310. The van der Waals surface area contributed by atoms with Crippen LogP contribution in [0.3, 0.4) is 0 Å². The van der Waals surface area contributed by atoms with E-state index in [2.05, 4.69) is 33.1 Å². The van der Waals surface area contributed by atoms with E-state index >= 15 is 0 Å². The van der Waals surface area contributed by atoms with Crippen molar-refractivity contribution in [2.75, 3.05) is 39.8 Å². The van der Waals surface area contributed by atoms with Crippen LogP contribution in [-0.4, -0.2) is 159 Å². The number of nitrogens with one attached hydrogen (secondary N) is 4. The lowest BCUT2D eigenvalue weighted by molar-refractivity contribution is -0.144. The van der Waals surface area contributed by atoms with Crippen molar-refractivity contribution in [1.82, 2.24) is 40.9 Å². The van der Waals surface area contributed by atoms with Gasteiger partial charge in [-0.25, -0.2) is 4.79 Å². The maximum Gasteiger partial charge on any atom is 0.404 e. The summed E-state index contributed by atoms with van der Waals surface area (Å²) in [6.07, 6.45) is 2.83.